The lowest BCUT2D eigenvalue weighted by atomic mass is 10.1. The van der Waals surface area contributed by atoms with Crippen LogP contribution in [0.4, 0.5) is 11.4 Å². The first-order chi connectivity index (χ1) is 10.6. The average molecular weight is 298 g/mol. The lowest BCUT2D eigenvalue weighted by Crippen LogP contribution is -2.22. The first-order valence-electron chi connectivity index (χ1n) is 7.39. The summed E-state index contributed by atoms with van der Waals surface area (Å²) >= 11 is 0. The fraction of sp³-hybridized carbons (Fsp3) is 0.278. The van der Waals surface area contributed by atoms with Gasteiger partial charge >= 0.3 is 0 Å². The van der Waals surface area contributed by atoms with Crippen LogP contribution in [0.15, 0.2) is 42.5 Å². The average Bonchev–Trinajstić information content (AvgIpc) is 2.54. The molecule has 2 N–H and O–H groups in total. The Bertz CT molecular complexity index is 636. The van der Waals surface area contributed by atoms with Gasteiger partial charge in [-0.1, -0.05) is 19.1 Å². The number of benzene rings is 2. The van der Waals surface area contributed by atoms with E-state index in [2.05, 4.69) is 17.6 Å². The molecule has 0 radical (unpaired) electrons. The second-order valence-electron chi connectivity index (χ2n) is 5.13. The van der Waals surface area contributed by atoms with Crippen LogP contribution in [-0.4, -0.2) is 19.6 Å². The Morgan fingerprint density at radius 3 is 2.45 bits per heavy atom. The summed E-state index contributed by atoms with van der Waals surface area (Å²) in [6, 6.07) is 13.6. The molecule has 0 saturated carbocycles. The Kier molecular flexibility index (Phi) is 5.42. The van der Waals surface area contributed by atoms with E-state index in [1.54, 1.807) is 7.11 Å². The van der Waals surface area contributed by atoms with Crippen molar-refractivity contribution in [2.45, 2.75) is 20.3 Å². The molecule has 0 atom stereocenters. The number of methoxy groups -OCH3 is 1. The molecule has 4 heteroatoms. The lowest BCUT2D eigenvalue weighted by Gasteiger charge is -2.11. The quantitative estimate of drug-likeness (QED) is 0.856. The number of ether oxygens (including phenoxy) is 1. The Balaban J connectivity index is 1.89. The van der Waals surface area contributed by atoms with Crippen molar-refractivity contribution in [1.29, 1.82) is 0 Å². The number of carbonyl (C=O) groups excluding carboxylic acids is 1. The summed E-state index contributed by atoms with van der Waals surface area (Å²) in [5.41, 5.74) is 4.04. The minimum atomic E-state index is -0.0699. The van der Waals surface area contributed by atoms with Crippen LogP contribution in [0, 0.1) is 6.92 Å². The van der Waals surface area contributed by atoms with E-state index in [1.807, 2.05) is 49.4 Å². The van der Waals surface area contributed by atoms with Crippen LogP contribution in [0.1, 0.15) is 18.1 Å². The van der Waals surface area contributed by atoms with Crippen LogP contribution in [0.5, 0.6) is 5.75 Å². The first-order valence-corrected chi connectivity index (χ1v) is 7.39. The molecule has 0 aromatic heterocycles. The zero-order chi connectivity index (χ0) is 15.9. The summed E-state index contributed by atoms with van der Waals surface area (Å²) in [4.78, 5) is 12.0. The zero-order valence-electron chi connectivity index (χ0n) is 13.3. The van der Waals surface area contributed by atoms with Crippen LogP contribution in [0.25, 0.3) is 0 Å². The molecule has 0 unspecified atom stereocenters. The van der Waals surface area contributed by atoms with Gasteiger partial charge in [0.1, 0.15) is 5.75 Å². The third kappa shape index (κ3) is 4.25. The predicted molar refractivity (Wildman–Crippen MR) is 90.7 cm³/mol. The topological polar surface area (TPSA) is 50.4 Å². The van der Waals surface area contributed by atoms with E-state index >= 15 is 0 Å². The van der Waals surface area contributed by atoms with Crippen molar-refractivity contribution >= 4 is 17.3 Å². The largest absolute Gasteiger partial charge is 0.497 e. The highest BCUT2D eigenvalue weighted by atomic mass is 16.5. The molecule has 2 aromatic carbocycles. The molecule has 1 amide bonds. The van der Waals surface area contributed by atoms with E-state index < -0.39 is 0 Å². The van der Waals surface area contributed by atoms with Crippen LogP contribution < -0.4 is 15.4 Å². The van der Waals surface area contributed by atoms with Crippen LogP contribution >= 0.6 is 0 Å². The van der Waals surface area contributed by atoms with Gasteiger partial charge in [-0.15, -0.1) is 0 Å². The molecule has 0 aliphatic rings. The van der Waals surface area contributed by atoms with Crippen molar-refractivity contribution in [1.82, 2.24) is 0 Å². The van der Waals surface area contributed by atoms with Crippen LogP contribution in [0.2, 0.25) is 0 Å². The third-order valence-electron chi connectivity index (χ3n) is 3.52. The molecule has 0 aliphatic heterocycles. The number of hydrogen-bond acceptors (Lipinski definition) is 3. The molecule has 0 spiro atoms. The van der Waals surface area contributed by atoms with Gasteiger partial charge in [0.15, 0.2) is 0 Å². The van der Waals surface area contributed by atoms with Gasteiger partial charge in [-0.05, 0) is 54.8 Å². The van der Waals surface area contributed by atoms with Gasteiger partial charge in [0.2, 0.25) is 5.91 Å². The van der Waals surface area contributed by atoms with Crippen molar-refractivity contribution in [3.8, 4) is 5.75 Å². The Hall–Kier alpha value is -2.49. The Morgan fingerprint density at radius 1 is 1.14 bits per heavy atom. The highest BCUT2D eigenvalue weighted by molar-refractivity contribution is 5.93. The number of nitrogens with one attached hydrogen (secondary N) is 2. The number of rotatable bonds is 6. The van der Waals surface area contributed by atoms with Crippen LogP contribution in [-0.2, 0) is 11.2 Å². The SMILES string of the molecule is CCc1ccc(NC(=O)CNc2ccc(OC)cc2C)cc1. The van der Waals surface area contributed by atoms with Gasteiger partial charge in [0, 0.05) is 11.4 Å². The lowest BCUT2D eigenvalue weighted by molar-refractivity contribution is -0.114. The van der Waals surface area contributed by atoms with Gasteiger partial charge in [0.05, 0.1) is 13.7 Å². The minimum Gasteiger partial charge on any atom is -0.497 e. The van der Waals surface area contributed by atoms with Crippen molar-refractivity contribution in [2.75, 3.05) is 24.3 Å². The molecular formula is C18H22N2O2. The molecule has 2 rings (SSSR count). The molecule has 4 nitrogen and oxygen atoms in total. The summed E-state index contributed by atoms with van der Waals surface area (Å²) in [6.45, 7) is 4.31. The van der Waals surface area contributed by atoms with Gasteiger partial charge in [-0.2, -0.15) is 0 Å². The normalized spacial score (nSPS) is 10.1. The summed E-state index contributed by atoms with van der Waals surface area (Å²) in [7, 11) is 1.64. The number of aryl methyl sites for hydroxylation is 2. The van der Waals surface area contributed by atoms with Gasteiger partial charge in [-0.25, -0.2) is 0 Å². The highest BCUT2D eigenvalue weighted by Gasteiger charge is 2.05. The maximum absolute atomic E-state index is 12.0. The minimum absolute atomic E-state index is 0.0699. The standard InChI is InChI=1S/C18H22N2O2/c1-4-14-5-7-15(8-6-14)20-18(21)12-19-17-10-9-16(22-3)11-13(17)2/h5-11,19H,4,12H2,1-3H3,(H,20,21). The van der Waals surface area contributed by atoms with Crippen molar-refractivity contribution in [3.05, 3.63) is 53.6 Å². The fourth-order valence-corrected chi connectivity index (χ4v) is 2.17. The summed E-state index contributed by atoms with van der Waals surface area (Å²) in [6.07, 6.45) is 0.993. The van der Waals surface area contributed by atoms with Crippen molar-refractivity contribution < 1.29 is 9.53 Å². The molecule has 0 heterocycles. The third-order valence-corrected chi connectivity index (χ3v) is 3.52. The number of hydrogen-bond donors (Lipinski definition) is 2. The van der Waals surface area contributed by atoms with Crippen molar-refractivity contribution in [3.63, 3.8) is 0 Å². The molecule has 0 bridgehead atoms. The fourth-order valence-electron chi connectivity index (χ4n) is 2.17. The molecule has 0 fully saturated rings. The molecule has 0 saturated heterocycles. The number of carbonyl (C=O) groups is 1. The van der Waals surface area contributed by atoms with E-state index in [-0.39, 0.29) is 12.5 Å². The molecule has 2 aromatic rings. The van der Waals surface area contributed by atoms with E-state index in [9.17, 15) is 4.79 Å². The van der Waals surface area contributed by atoms with Gasteiger partial charge in [-0.3, -0.25) is 4.79 Å². The summed E-state index contributed by atoms with van der Waals surface area (Å²) in [5.74, 6) is 0.739. The smallest absolute Gasteiger partial charge is 0.243 e. The maximum atomic E-state index is 12.0. The Morgan fingerprint density at radius 2 is 1.86 bits per heavy atom. The predicted octanol–water partition coefficient (Wildman–Crippen LogP) is 3.62. The van der Waals surface area contributed by atoms with Crippen LogP contribution in [0.3, 0.4) is 0 Å². The number of amides is 1. The molecule has 22 heavy (non-hydrogen) atoms. The first kappa shape index (κ1) is 15.9. The Labute approximate surface area is 131 Å². The van der Waals surface area contributed by atoms with Gasteiger partial charge < -0.3 is 15.4 Å². The van der Waals surface area contributed by atoms with E-state index in [0.29, 0.717) is 0 Å². The second kappa shape index (κ2) is 7.50. The van der Waals surface area contributed by atoms with Gasteiger partial charge in [0.25, 0.3) is 0 Å². The molecule has 0 aliphatic carbocycles. The van der Waals surface area contributed by atoms with E-state index in [0.717, 1.165) is 29.1 Å². The van der Waals surface area contributed by atoms with Crippen molar-refractivity contribution in [2.24, 2.45) is 0 Å². The zero-order valence-corrected chi connectivity index (χ0v) is 13.3. The number of anilines is 2. The summed E-state index contributed by atoms with van der Waals surface area (Å²) < 4.78 is 5.17. The highest BCUT2D eigenvalue weighted by Crippen LogP contribution is 2.20. The molecule has 116 valence electrons. The summed E-state index contributed by atoms with van der Waals surface area (Å²) in [5, 5.41) is 6.02. The van der Waals surface area contributed by atoms with E-state index in [4.69, 9.17) is 4.74 Å². The van der Waals surface area contributed by atoms with E-state index in [1.165, 1.54) is 5.56 Å². The maximum Gasteiger partial charge on any atom is 0.243 e. The monoisotopic (exact) mass is 298 g/mol. The second-order valence-corrected chi connectivity index (χ2v) is 5.13. The molecular weight excluding hydrogens is 276 g/mol.